The Morgan fingerprint density at radius 3 is 2.67 bits per heavy atom. The summed E-state index contributed by atoms with van der Waals surface area (Å²) in [5.41, 5.74) is 1.53. The third-order valence-corrected chi connectivity index (χ3v) is 5.45. The Labute approximate surface area is 177 Å². The Balaban J connectivity index is 1.59. The predicted octanol–water partition coefficient (Wildman–Crippen LogP) is 2.96. The molecule has 0 aliphatic carbocycles. The van der Waals surface area contributed by atoms with Gasteiger partial charge in [-0.05, 0) is 53.1 Å². The molecule has 0 bridgehead atoms. The molecule has 4 rings (SSSR count). The van der Waals surface area contributed by atoms with Crippen LogP contribution < -0.4 is 15.6 Å². The lowest BCUT2D eigenvalue weighted by molar-refractivity contribution is -0.122. The zero-order valence-corrected chi connectivity index (χ0v) is 17.1. The first-order valence-electron chi connectivity index (χ1n) is 9.41. The number of carbonyl (C=O) groups is 1. The molecule has 3 heterocycles. The maximum atomic E-state index is 12.8. The molecular formula is C22H20N4O3S. The number of ether oxygens (including phenoxy) is 1. The molecule has 30 heavy (non-hydrogen) atoms. The lowest BCUT2D eigenvalue weighted by atomic mass is 10.1. The number of methoxy groups -OCH3 is 1. The zero-order chi connectivity index (χ0) is 20.9. The van der Waals surface area contributed by atoms with Crippen molar-refractivity contribution in [3.63, 3.8) is 0 Å². The fourth-order valence-electron chi connectivity index (χ4n) is 3.29. The van der Waals surface area contributed by atoms with Gasteiger partial charge in [0.25, 0.3) is 5.56 Å². The number of benzene rings is 1. The standard InChI is InChI=1S/C22H20N4O3S/c1-29-21-16-6-2-3-7-17(16)22(28)26(25-21)13-20(27)24-19(12-15-9-11-30-14-15)18-8-4-5-10-23-18/h2-11,14,19H,12-13H2,1H3,(H,24,27). The Bertz CT molecular complexity index is 1210. The van der Waals surface area contributed by atoms with Crippen LogP contribution in [0.25, 0.3) is 10.8 Å². The Morgan fingerprint density at radius 1 is 1.17 bits per heavy atom. The van der Waals surface area contributed by atoms with Crippen molar-refractivity contribution in [2.45, 2.75) is 19.0 Å². The third kappa shape index (κ3) is 4.23. The molecule has 0 aliphatic rings. The van der Waals surface area contributed by atoms with Crippen LogP contribution in [0.1, 0.15) is 17.3 Å². The topological polar surface area (TPSA) is 86.1 Å². The van der Waals surface area contributed by atoms with Gasteiger partial charge in [0.2, 0.25) is 11.8 Å². The van der Waals surface area contributed by atoms with Crippen molar-refractivity contribution in [3.05, 3.63) is 87.1 Å². The van der Waals surface area contributed by atoms with Crippen molar-refractivity contribution in [2.75, 3.05) is 7.11 Å². The second-order valence-corrected chi connectivity index (χ2v) is 7.51. The van der Waals surface area contributed by atoms with Crippen LogP contribution in [0.4, 0.5) is 0 Å². The number of nitrogens with one attached hydrogen (secondary N) is 1. The quantitative estimate of drug-likeness (QED) is 0.497. The number of carbonyl (C=O) groups excluding carboxylic acids is 1. The molecule has 0 spiro atoms. The Kier molecular flexibility index (Phi) is 5.85. The van der Waals surface area contributed by atoms with Crippen LogP contribution in [0.2, 0.25) is 0 Å². The van der Waals surface area contributed by atoms with E-state index in [2.05, 4.69) is 15.4 Å². The number of hydrogen-bond acceptors (Lipinski definition) is 6. The van der Waals surface area contributed by atoms with Crippen molar-refractivity contribution in [3.8, 4) is 5.88 Å². The molecule has 1 amide bonds. The molecule has 0 fully saturated rings. The SMILES string of the molecule is COc1nn(CC(=O)NC(Cc2ccsc2)c2ccccn2)c(=O)c2ccccc12. The van der Waals surface area contributed by atoms with E-state index in [0.29, 0.717) is 23.1 Å². The smallest absolute Gasteiger partial charge is 0.275 e. The van der Waals surface area contributed by atoms with E-state index in [0.717, 1.165) is 15.9 Å². The molecule has 0 saturated heterocycles. The molecule has 1 unspecified atom stereocenters. The fourth-order valence-corrected chi connectivity index (χ4v) is 3.98. The minimum absolute atomic E-state index is 0.215. The van der Waals surface area contributed by atoms with Gasteiger partial charge in [0, 0.05) is 6.20 Å². The van der Waals surface area contributed by atoms with E-state index in [1.165, 1.54) is 7.11 Å². The average molecular weight is 420 g/mol. The lowest BCUT2D eigenvalue weighted by Crippen LogP contribution is -2.36. The van der Waals surface area contributed by atoms with Crippen LogP contribution in [-0.2, 0) is 17.8 Å². The maximum Gasteiger partial charge on any atom is 0.275 e. The van der Waals surface area contributed by atoms with Gasteiger partial charge in [-0.3, -0.25) is 14.6 Å². The second kappa shape index (κ2) is 8.87. The molecule has 1 aromatic carbocycles. The van der Waals surface area contributed by atoms with Crippen molar-refractivity contribution in [2.24, 2.45) is 0 Å². The number of pyridine rings is 1. The van der Waals surface area contributed by atoms with Crippen LogP contribution in [0.3, 0.4) is 0 Å². The summed E-state index contributed by atoms with van der Waals surface area (Å²) in [6.45, 7) is -0.215. The van der Waals surface area contributed by atoms with Gasteiger partial charge in [-0.15, -0.1) is 5.10 Å². The normalized spacial score (nSPS) is 11.9. The summed E-state index contributed by atoms with van der Waals surface area (Å²) in [6.07, 6.45) is 2.30. The molecule has 4 aromatic rings. The van der Waals surface area contributed by atoms with Gasteiger partial charge < -0.3 is 10.1 Å². The first kappa shape index (κ1) is 19.8. The summed E-state index contributed by atoms with van der Waals surface area (Å²) in [5, 5.41) is 12.3. The second-order valence-electron chi connectivity index (χ2n) is 6.73. The number of fused-ring (bicyclic) bond motifs is 1. The molecule has 7 nitrogen and oxygen atoms in total. The van der Waals surface area contributed by atoms with Gasteiger partial charge >= 0.3 is 0 Å². The zero-order valence-electron chi connectivity index (χ0n) is 16.3. The summed E-state index contributed by atoms with van der Waals surface area (Å²) < 4.78 is 6.45. The highest BCUT2D eigenvalue weighted by atomic mass is 32.1. The molecule has 1 atom stereocenters. The Hall–Kier alpha value is -3.52. The number of aromatic nitrogens is 3. The first-order chi connectivity index (χ1) is 14.7. The number of amides is 1. The van der Waals surface area contributed by atoms with E-state index in [9.17, 15) is 9.59 Å². The van der Waals surface area contributed by atoms with E-state index in [1.807, 2.05) is 41.1 Å². The highest BCUT2D eigenvalue weighted by Gasteiger charge is 2.19. The molecule has 0 saturated carbocycles. The van der Waals surface area contributed by atoms with E-state index >= 15 is 0 Å². The lowest BCUT2D eigenvalue weighted by Gasteiger charge is -2.18. The van der Waals surface area contributed by atoms with Crippen LogP contribution in [0.5, 0.6) is 5.88 Å². The number of nitrogens with zero attached hydrogens (tertiary/aromatic N) is 3. The average Bonchev–Trinajstić information content (AvgIpc) is 3.29. The van der Waals surface area contributed by atoms with E-state index < -0.39 is 0 Å². The third-order valence-electron chi connectivity index (χ3n) is 4.72. The molecule has 0 aliphatic heterocycles. The van der Waals surface area contributed by atoms with E-state index in [4.69, 9.17) is 4.74 Å². The van der Waals surface area contributed by atoms with Crippen molar-refractivity contribution >= 4 is 28.0 Å². The van der Waals surface area contributed by atoms with Gasteiger partial charge in [-0.2, -0.15) is 11.3 Å². The number of thiophene rings is 1. The van der Waals surface area contributed by atoms with Crippen LogP contribution in [-0.4, -0.2) is 27.8 Å². The maximum absolute atomic E-state index is 12.8. The first-order valence-corrected chi connectivity index (χ1v) is 10.3. The van der Waals surface area contributed by atoms with Crippen molar-refractivity contribution in [1.29, 1.82) is 0 Å². The fraction of sp³-hybridized carbons (Fsp3) is 0.182. The van der Waals surface area contributed by atoms with Gasteiger partial charge in [0.15, 0.2) is 0 Å². The van der Waals surface area contributed by atoms with E-state index in [-0.39, 0.29) is 24.1 Å². The Morgan fingerprint density at radius 2 is 1.97 bits per heavy atom. The van der Waals surface area contributed by atoms with Crippen molar-refractivity contribution in [1.82, 2.24) is 20.1 Å². The van der Waals surface area contributed by atoms with Crippen LogP contribution in [0.15, 0.2) is 70.3 Å². The molecular weight excluding hydrogens is 400 g/mol. The summed E-state index contributed by atoms with van der Waals surface area (Å²) in [6, 6.07) is 14.3. The summed E-state index contributed by atoms with van der Waals surface area (Å²) >= 11 is 1.60. The van der Waals surface area contributed by atoms with Crippen molar-refractivity contribution < 1.29 is 9.53 Å². The minimum atomic E-state index is -0.339. The van der Waals surface area contributed by atoms with Gasteiger partial charge in [0.05, 0.1) is 29.6 Å². The molecule has 8 heteroatoms. The number of hydrogen-bond donors (Lipinski definition) is 1. The highest BCUT2D eigenvalue weighted by molar-refractivity contribution is 7.07. The van der Waals surface area contributed by atoms with E-state index in [1.54, 1.807) is 35.7 Å². The predicted molar refractivity (Wildman–Crippen MR) is 116 cm³/mol. The molecule has 0 radical (unpaired) electrons. The summed E-state index contributed by atoms with van der Waals surface area (Å²) in [4.78, 5) is 30.0. The summed E-state index contributed by atoms with van der Waals surface area (Å²) in [5.74, 6) is -0.0228. The monoisotopic (exact) mass is 420 g/mol. The van der Waals surface area contributed by atoms with Gasteiger partial charge in [-0.1, -0.05) is 18.2 Å². The van der Waals surface area contributed by atoms with Crippen LogP contribution >= 0.6 is 11.3 Å². The largest absolute Gasteiger partial charge is 0.480 e. The van der Waals surface area contributed by atoms with Gasteiger partial charge in [0.1, 0.15) is 6.54 Å². The minimum Gasteiger partial charge on any atom is -0.480 e. The summed E-state index contributed by atoms with van der Waals surface area (Å²) in [7, 11) is 1.49. The molecule has 1 N–H and O–H groups in total. The highest BCUT2D eigenvalue weighted by Crippen LogP contribution is 2.20. The van der Waals surface area contributed by atoms with Crippen LogP contribution in [0, 0.1) is 0 Å². The molecule has 152 valence electrons. The molecule has 3 aromatic heterocycles. The van der Waals surface area contributed by atoms with Gasteiger partial charge in [-0.25, -0.2) is 4.68 Å². The number of rotatable bonds is 7.